The van der Waals surface area contributed by atoms with Crippen LogP contribution in [-0.4, -0.2) is 518 Å². The van der Waals surface area contributed by atoms with E-state index in [0.717, 1.165) is 234 Å². The normalized spacial score (nSPS) is 12.7. The predicted molar refractivity (Wildman–Crippen MR) is 389 cm³/mol. The lowest BCUT2D eigenvalue weighted by molar-refractivity contribution is -0.0998. The van der Waals surface area contributed by atoms with E-state index < -0.39 is 0 Å². The highest BCUT2D eigenvalue weighted by molar-refractivity contribution is 4.75. The number of hydroxylamine groups is 2. The molecule has 0 rings (SSSR count). The van der Waals surface area contributed by atoms with E-state index in [2.05, 4.69) is 63.7 Å². The molecule has 0 amide bonds. The highest BCUT2D eigenvalue weighted by Crippen LogP contribution is 2.10. The Morgan fingerprint density at radius 2 is 0.194 bits per heavy atom. The molecule has 0 saturated heterocycles. The summed E-state index contributed by atoms with van der Waals surface area (Å²) in [5.74, 6) is 0. The van der Waals surface area contributed by atoms with Crippen LogP contribution in [0.4, 0.5) is 0 Å². The van der Waals surface area contributed by atoms with Crippen LogP contribution in [0.1, 0.15) is 77.0 Å². The van der Waals surface area contributed by atoms with Crippen molar-refractivity contribution in [1.29, 1.82) is 0 Å². The lowest BCUT2D eigenvalue weighted by Crippen LogP contribution is -2.41. The number of hydrogen-bond acceptors (Lipinski definition) is 30. The first-order chi connectivity index (χ1) is 47.9. The highest BCUT2D eigenvalue weighted by atomic mass is 16.5. The number of aliphatic hydroxyl groups excluding tert-OH is 15. The van der Waals surface area contributed by atoms with Crippen molar-refractivity contribution in [1.82, 2.24) is 68.8 Å². The van der Waals surface area contributed by atoms with Gasteiger partial charge < -0.3 is 111 Å². The Balaban J connectivity index is 7.42. The SMILES string of the molecule is OCCN(O)CCCN(CCCN(CCO)CCO)CCCN(CCCN(CCCN(CCO)CCO)CCCN(CCO)CCO)CCN(CCCN(CCCN(CCO)CCO)CCCN(CCO)CCO)CCCN(CCCN(CCO)CCO)CCCN(CCO)CCO. The largest absolute Gasteiger partial charge is 0.395 e. The topological polar surface area (TPSA) is 369 Å². The number of hydrogen-bond donors (Lipinski definition) is 16. The zero-order valence-corrected chi connectivity index (χ0v) is 61.5. The lowest BCUT2D eigenvalue weighted by atomic mass is 10.2. The van der Waals surface area contributed by atoms with E-state index in [0.29, 0.717) is 105 Å². The average Bonchev–Trinajstić information content (AvgIpc) is 1.35. The van der Waals surface area contributed by atoms with Crippen molar-refractivity contribution >= 4 is 0 Å². The second kappa shape index (κ2) is 72.7. The van der Waals surface area contributed by atoms with Crippen molar-refractivity contribution in [3.05, 3.63) is 0 Å². The summed E-state index contributed by atoms with van der Waals surface area (Å²) < 4.78 is 0. The molecule has 0 aromatic carbocycles. The van der Waals surface area contributed by atoms with Gasteiger partial charge in [-0.3, -0.25) is 34.3 Å². The summed E-state index contributed by atoms with van der Waals surface area (Å²) in [5.41, 5.74) is 0. The molecule has 0 aliphatic rings. The van der Waals surface area contributed by atoms with Gasteiger partial charge in [0.05, 0.1) is 99.1 Å². The van der Waals surface area contributed by atoms with Crippen molar-refractivity contribution in [3.63, 3.8) is 0 Å². The van der Waals surface area contributed by atoms with E-state index in [9.17, 15) is 81.8 Å². The smallest absolute Gasteiger partial charge is 0.0581 e. The molecule has 16 N–H and O–H groups in total. The summed E-state index contributed by atoms with van der Waals surface area (Å²) >= 11 is 0. The van der Waals surface area contributed by atoms with E-state index in [1.807, 2.05) is 0 Å². The molecule has 0 spiro atoms. The summed E-state index contributed by atoms with van der Waals surface area (Å²) in [5, 5.41) is 158. The first-order valence-corrected chi connectivity index (χ1v) is 37.9. The maximum absolute atomic E-state index is 10.4. The first-order valence-electron chi connectivity index (χ1n) is 37.9. The average molecular weight is 1420 g/mol. The quantitative estimate of drug-likeness (QED) is 0.0252. The summed E-state index contributed by atoms with van der Waals surface area (Å²) in [6.45, 7) is 27.9. The van der Waals surface area contributed by atoms with Crippen molar-refractivity contribution in [2.24, 2.45) is 0 Å². The summed E-state index contributed by atoms with van der Waals surface area (Å²) in [6, 6.07) is 0. The monoisotopic (exact) mass is 1420 g/mol. The molecule has 30 nitrogen and oxygen atoms in total. The molecule has 0 fully saturated rings. The summed E-state index contributed by atoms with van der Waals surface area (Å²) in [4.78, 5) is 29.8. The van der Waals surface area contributed by atoms with Gasteiger partial charge in [0.25, 0.3) is 0 Å². The van der Waals surface area contributed by atoms with E-state index in [1.165, 1.54) is 5.06 Å². The maximum atomic E-state index is 10.4. The molecular formula is C68H152N14O16. The number of nitrogens with zero attached hydrogens (tertiary/aromatic N) is 14. The van der Waals surface area contributed by atoms with Crippen LogP contribution in [0.25, 0.3) is 0 Å². The molecule has 0 saturated carbocycles. The minimum Gasteiger partial charge on any atom is -0.395 e. The van der Waals surface area contributed by atoms with Gasteiger partial charge in [-0.2, -0.15) is 5.06 Å². The molecule has 0 bridgehead atoms. The van der Waals surface area contributed by atoms with Gasteiger partial charge in [0, 0.05) is 118 Å². The lowest BCUT2D eigenvalue weighted by Gasteiger charge is -2.32. The van der Waals surface area contributed by atoms with Crippen molar-refractivity contribution < 1.29 is 81.8 Å². The third-order valence-electron chi connectivity index (χ3n) is 18.2. The molecule has 0 aliphatic heterocycles. The molecule has 30 heteroatoms. The second-order valence-electron chi connectivity index (χ2n) is 26.0. The second-order valence-corrected chi connectivity index (χ2v) is 26.0. The Bertz CT molecular complexity index is 1450. The van der Waals surface area contributed by atoms with E-state index >= 15 is 0 Å². The third kappa shape index (κ3) is 57.2. The standard InChI is InChI=1S/C68H152N14O16/c83-54-39-75(40-55-84)28-5-17-69(18-6-29-76(41-56-85)42-57-86)13-1-24-73(25-2-14-70(19-7-30-77(43-58-87)44-59-88)20-8-31-78(45-60-89)46-61-90)37-38-74(27-4-16-72(35-12-36-82(98)53-68-97)23-11-34-81(51-66-95)52-67-96)26-3-15-71(21-9-32-79(47-62-91)48-63-92)22-10-33-80(49-64-93)50-65-94/h83-98H,1-68H2. The Morgan fingerprint density at radius 1 is 0.102 bits per heavy atom. The first kappa shape index (κ1) is 96.8. The van der Waals surface area contributed by atoms with Gasteiger partial charge in [-0.1, -0.05) is 0 Å². The molecule has 0 radical (unpaired) electrons. The zero-order valence-electron chi connectivity index (χ0n) is 61.5. The van der Waals surface area contributed by atoms with E-state index in [4.69, 9.17) is 0 Å². The molecule has 0 aromatic rings. The van der Waals surface area contributed by atoms with Crippen LogP contribution in [0.5, 0.6) is 0 Å². The molecule has 0 heterocycles. The van der Waals surface area contributed by atoms with E-state index in [1.54, 1.807) is 0 Å². The Labute approximate surface area is 592 Å². The van der Waals surface area contributed by atoms with Gasteiger partial charge >= 0.3 is 0 Å². The van der Waals surface area contributed by atoms with Crippen LogP contribution >= 0.6 is 0 Å². The molecule has 0 aromatic heterocycles. The molecule has 98 heavy (non-hydrogen) atoms. The molecule has 0 unspecified atom stereocenters. The Morgan fingerprint density at radius 3 is 0.306 bits per heavy atom. The Hall–Kier alpha value is -1.20. The van der Waals surface area contributed by atoms with Crippen LogP contribution in [-0.2, 0) is 0 Å². The van der Waals surface area contributed by atoms with Crippen molar-refractivity contribution in [2.75, 3.05) is 367 Å². The fraction of sp³-hybridized carbons (Fsp3) is 1.00. The van der Waals surface area contributed by atoms with Crippen molar-refractivity contribution in [2.45, 2.75) is 77.0 Å². The van der Waals surface area contributed by atoms with Crippen LogP contribution < -0.4 is 0 Å². The maximum Gasteiger partial charge on any atom is 0.0581 e. The molecule has 0 atom stereocenters. The summed E-state index contributed by atoms with van der Waals surface area (Å²) in [6.07, 6.45) is 10.4. The zero-order chi connectivity index (χ0) is 72.2. The minimum atomic E-state index is -0.136. The Kier molecular flexibility index (Phi) is 71.8. The predicted octanol–water partition coefficient (Wildman–Crippen LogP) is -5.83. The van der Waals surface area contributed by atoms with E-state index in [-0.39, 0.29) is 106 Å². The fourth-order valence-electron chi connectivity index (χ4n) is 13.0. The van der Waals surface area contributed by atoms with Crippen molar-refractivity contribution in [3.8, 4) is 0 Å². The molecular weight excluding hydrogens is 1270 g/mol. The van der Waals surface area contributed by atoms with Gasteiger partial charge in [0.2, 0.25) is 0 Å². The fourth-order valence-corrected chi connectivity index (χ4v) is 13.0. The van der Waals surface area contributed by atoms with Crippen LogP contribution in [0.3, 0.4) is 0 Å². The third-order valence-corrected chi connectivity index (χ3v) is 18.2. The van der Waals surface area contributed by atoms with Crippen LogP contribution in [0, 0.1) is 0 Å². The molecule has 590 valence electrons. The van der Waals surface area contributed by atoms with Gasteiger partial charge in [-0.15, -0.1) is 0 Å². The summed E-state index contributed by atoms with van der Waals surface area (Å²) in [7, 11) is 0. The number of rotatable bonds is 81. The van der Waals surface area contributed by atoms with Gasteiger partial charge in [-0.05, 0) is 228 Å². The van der Waals surface area contributed by atoms with Crippen LogP contribution in [0.15, 0.2) is 0 Å². The highest BCUT2D eigenvalue weighted by Gasteiger charge is 2.19. The van der Waals surface area contributed by atoms with Crippen LogP contribution in [0.2, 0.25) is 0 Å². The van der Waals surface area contributed by atoms with Gasteiger partial charge in [0.15, 0.2) is 0 Å². The van der Waals surface area contributed by atoms with Gasteiger partial charge in [-0.25, -0.2) is 0 Å². The number of aliphatic hydroxyl groups is 15. The molecule has 0 aliphatic carbocycles. The van der Waals surface area contributed by atoms with Gasteiger partial charge in [0.1, 0.15) is 0 Å². The minimum absolute atomic E-state index is 0.0122.